The molecule has 2 atom stereocenters. The van der Waals surface area contributed by atoms with E-state index < -0.39 is 22.7 Å². The largest absolute Gasteiger partial charge is 0.479 e. The second kappa shape index (κ2) is 5.73. The molecular weight excluding hydrogens is 264 g/mol. The first-order valence-electron chi connectivity index (χ1n) is 6.02. The van der Waals surface area contributed by atoms with Crippen LogP contribution in [0.1, 0.15) is 5.56 Å². The summed E-state index contributed by atoms with van der Waals surface area (Å²) in [4.78, 5) is 22.1. The molecule has 0 amide bonds. The second-order valence-electron chi connectivity index (χ2n) is 4.42. The minimum atomic E-state index is -1.58. The third-order valence-corrected chi connectivity index (χ3v) is 4.44. The number of nitrogens with one attached hydrogen (secondary N) is 1. The molecule has 0 aliphatic carbocycles. The number of carboxylic acid groups (broad SMARTS) is 1. The molecule has 0 aromatic heterocycles. The number of carbonyl (C=O) groups is 2. The van der Waals surface area contributed by atoms with Crippen LogP contribution in [0.25, 0.3) is 0 Å². The van der Waals surface area contributed by atoms with Crippen molar-refractivity contribution in [3.05, 3.63) is 35.9 Å². The number of hydrogen-bond donors (Lipinski definition) is 3. The van der Waals surface area contributed by atoms with E-state index in [1.54, 1.807) is 0 Å². The van der Waals surface area contributed by atoms with Gasteiger partial charge in [0.2, 0.25) is 4.87 Å². The number of carboxylic acids is 1. The Balaban J connectivity index is 2.12. The van der Waals surface area contributed by atoms with Crippen LogP contribution in [0.2, 0.25) is 0 Å². The molecule has 19 heavy (non-hydrogen) atoms. The zero-order valence-electron chi connectivity index (χ0n) is 10.3. The number of hydrogen-bond acceptors (Lipinski definition) is 5. The molecule has 0 saturated carbocycles. The SMILES string of the molecule is N[C@@H](Cc1ccccc1)C(=O)C1(C(=O)O)NCCS1. The molecule has 1 unspecified atom stereocenters. The van der Waals surface area contributed by atoms with Crippen LogP contribution in [0.4, 0.5) is 0 Å². The van der Waals surface area contributed by atoms with E-state index in [0.29, 0.717) is 18.7 Å². The molecule has 4 N–H and O–H groups in total. The number of benzene rings is 1. The normalized spacial score (nSPS) is 24.1. The average molecular weight is 280 g/mol. The molecule has 1 saturated heterocycles. The highest BCUT2D eigenvalue weighted by molar-refractivity contribution is 8.02. The quantitative estimate of drug-likeness (QED) is 0.669. The van der Waals surface area contributed by atoms with Crippen LogP contribution in [-0.2, 0) is 16.0 Å². The standard InChI is InChI=1S/C13H16N2O3S/c14-10(8-9-4-2-1-3-5-9)11(16)13(12(17)18)15-6-7-19-13/h1-5,10,15H,6-8,14H2,(H,17,18)/t10-,13?/m0/s1. The summed E-state index contributed by atoms with van der Waals surface area (Å²) in [6.45, 7) is 0.501. The van der Waals surface area contributed by atoms with Gasteiger partial charge in [0.25, 0.3) is 0 Å². The molecule has 0 spiro atoms. The van der Waals surface area contributed by atoms with Crippen LogP contribution in [-0.4, -0.2) is 40.1 Å². The zero-order chi connectivity index (χ0) is 13.9. The first kappa shape index (κ1) is 14.0. The molecule has 102 valence electrons. The van der Waals surface area contributed by atoms with Gasteiger partial charge in [-0.2, -0.15) is 0 Å². The fourth-order valence-corrected chi connectivity index (χ4v) is 3.24. The molecule has 0 bridgehead atoms. The summed E-state index contributed by atoms with van der Waals surface area (Å²) in [6.07, 6.45) is 0.344. The van der Waals surface area contributed by atoms with Crippen molar-refractivity contribution >= 4 is 23.5 Å². The van der Waals surface area contributed by atoms with Crippen molar-refractivity contribution in [2.75, 3.05) is 12.3 Å². The van der Waals surface area contributed by atoms with E-state index in [2.05, 4.69) is 5.32 Å². The van der Waals surface area contributed by atoms with Gasteiger partial charge < -0.3 is 10.8 Å². The highest BCUT2D eigenvalue weighted by Gasteiger charge is 2.50. The Bertz CT molecular complexity index is 472. The predicted octanol–water partition coefficient (Wildman–Crippen LogP) is 0.243. The van der Waals surface area contributed by atoms with Crippen molar-refractivity contribution in [3.8, 4) is 0 Å². The molecule has 1 aliphatic heterocycles. The van der Waals surface area contributed by atoms with Crippen molar-refractivity contribution in [2.24, 2.45) is 5.73 Å². The molecule has 1 aromatic carbocycles. The van der Waals surface area contributed by atoms with E-state index in [9.17, 15) is 14.7 Å². The van der Waals surface area contributed by atoms with Gasteiger partial charge in [0.15, 0.2) is 5.78 Å². The van der Waals surface area contributed by atoms with Crippen molar-refractivity contribution in [1.29, 1.82) is 0 Å². The minimum Gasteiger partial charge on any atom is -0.479 e. The Kier molecular flexibility index (Phi) is 4.24. The highest BCUT2D eigenvalue weighted by atomic mass is 32.2. The lowest BCUT2D eigenvalue weighted by Gasteiger charge is -2.25. The predicted molar refractivity (Wildman–Crippen MR) is 74.0 cm³/mol. The molecule has 1 fully saturated rings. The first-order valence-corrected chi connectivity index (χ1v) is 7.01. The maximum Gasteiger partial charge on any atom is 0.342 e. The lowest BCUT2D eigenvalue weighted by atomic mass is 9.98. The Labute approximate surface area is 115 Å². The lowest BCUT2D eigenvalue weighted by Crippen LogP contribution is -2.58. The van der Waals surface area contributed by atoms with E-state index in [-0.39, 0.29) is 0 Å². The van der Waals surface area contributed by atoms with Gasteiger partial charge in [-0.25, -0.2) is 4.79 Å². The molecule has 5 nitrogen and oxygen atoms in total. The maximum atomic E-state index is 12.3. The molecule has 0 radical (unpaired) electrons. The number of carbonyl (C=O) groups excluding carboxylic acids is 1. The Morgan fingerprint density at radius 3 is 2.63 bits per heavy atom. The summed E-state index contributed by atoms with van der Waals surface area (Å²) in [7, 11) is 0. The van der Waals surface area contributed by atoms with Crippen molar-refractivity contribution < 1.29 is 14.7 Å². The molecular formula is C13H16N2O3S. The van der Waals surface area contributed by atoms with Gasteiger partial charge in [-0.3, -0.25) is 10.1 Å². The van der Waals surface area contributed by atoms with Crippen LogP contribution in [0.3, 0.4) is 0 Å². The summed E-state index contributed by atoms with van der Waals surface area (Å²) in [5.74, 6) is -1.04. The van der Waals surface area contributed by atoms with Gasteiger partial charge in [-0.1, -0.05) is 30.3 Å². The van der Waals surface area contributed by atoms with Crippen molar-refractivity contribution in [3.63, 3.8) is 0 Å². The van der Waals surface area contributed by atoms with Crippen LogP contribution in [0.5, 0.6) is 0 Å². The Morgan fingerprint density at radius 2 is 2.11 bits per heavy atom. The highest BCUT2D eigenvalue weighted by Crippen LogP contribution is 2.30. The number of Topliss-reactive ketones (excluding diaryl/α,β-unsaturated/α-hetero) is 1. The number of ketones is 1. The van der Waals surface area contributed by atoms with Gasteiger partial charge >= 0.3 is 5.97 Å². The van der Waals surface area contributed by atoms with E-state index in [1.807, 2.05) is 30.3 Å². The summed E-state index contributed by atoms with van der Waals surface area (Å²) < 4.78 is 0. The van der Waals surface area contributed by atoms with Gasteiger partial charge in [0.1, 0.15) is 0 Å². The van der Waals surface area contributed by atoms with Crippen LogP contribution in [0, 0.1) is 0 Å². The fraction of sp³-hybridized carbons (Fsp3) is 0.385. The fourth-order valence-electron chi connectivity index (χ4n) is 2.11. The van der Waals surface area contributed by atoms with Gasteiger partial charge in [0.05, 0.1) is 6.04 Å². The topological polar surface area (TPSA) is 92.4 Å². The molecule has 1 heterocycles. The maximum absolute atomic E-state index is 12.3. The van der Waals surface area contributed by atoms with Crippen LogP contribution in [0.15, 0.2) is 30.3 Å². The van der Waals surface area contributed by atoms with Gasteiger partial charge in [-0.15, -0.1) is 11.8 Å². The summed E-state index contributed by atoms with van der Waals surface area (Å²) in [5, 5.41) is 12.1. The van der Waals surface area contributed by atoms with E-state index >= 15 is 0 Å². The first-order chi connectivity index (χ1) is 9.06. The van der Waals surface area contributed by atoms with Gasteiger partial charge in [-0.05, 0) is 12.0 Å². The number of aliphatic carboxylic acids is 1. The number of thioether (sulfide) groups is 1. The number of rotatable bonds is 5. The Hall–Kier alpha value is -1.37. The van der Waals surface area contributed by atoms with Crippen molar-refractivity contribution in [1.82, 2.24) is 5.32 Å². The molecule has 2 rings (SSSR count). The third-order valence-electron chi connectivity index (χ3n) is 3.08. The molecule has 1 aromatic rings. The monoisotopic (exact) mass is 280 g/mol. The van der Waals surface area contributed by atoms with E-state index in [0.717, 1.165) is 17.3 Å². The van der Waals surface area contributed by atoms with Gasteiger partial charge in [0, 0.05) is 12.3 Å². The average Bonchev–Trinajstić information content (AvgIpc) is 2.89. The molecule has 1 aliphatic rings. The lowest BCUT2D eigenvalue weighted by molar-refractivity contribution is -0.145. The minimum absolute atomic E-state index is 0.344. The molecule has 6 heteroatoms. The summed E-state index contributed by atoms with van der Waals surface area (Å²) in [6, 6.07) is 8.52. The zero-order valence-corrected chi connectivity index (χ0v) is 11.2. The Morgan fingerprint density at radius 1 is 1.42 bits per heavy atom. The van der Waals surface area contributed by atoms with E-state index in [4.69, 9.17) is 5.73 Å². The smallest absolute Gasteiger partial charge is 0.342 e. The van der Waals surface area contributed by atoms with Crippen LogP contribution < -0.4 is 11.1 Å². The van der Waals surface area contributed by atoms with Crippen LogP contribution >= 0.6 is 11.8 Å². The summed E-state index contributed by atoms with van der Waals surface area (Å²) in [5.41, 5.74) is 6.81. The number of nitrogens with two attached hydrogens (primary N) is 1. The summed E-state index contributed by atoms with van der Waals surface area (Å²) >= 11 is 1.10. The second-order valence-corrected chi connectivity index (χ2v) is 5.73. The van der Waals surface area contributed by atoms with Crippen molar-refractivity contribution in [2.45, 2.75) is 17.3 Å². The van der Waals surface area contributed by atoms with E-state index in [1.165, 1.54) is 0 Å². The third kappa shape index (κ3) is 2.80.